The van der Waals surface area contributed by atoms with E-state index < -0.39 is 0 Å². The summed E-state index contributed by atoms with van der Waals surface area (Å²) in [6, 6.07) is 18.0. The summed E-state index contributed by atoms with van der Waals surface area (Å²) in [5, 5.41) is 3.54. The molecule has 0 saturated heterocycles. The Balaban J connectivity index is 1.84. The third-order valence-corrected chi connectivity index (χ3v) is 5.84. The van der Waals surface area contributed by atoms with Gasteiger partial charge < -0.3 is 5.32 Å². The van der Waals surface area contributed by atoms with E-state index in [1.807, 2.05) is 0 Å². The minimum atomic E-state index is 0.465. The number of rotatable bonds is 4. The third kappa shape index (κ3) is 2.63. The molecule has 0 aromatic heterocycles. The van der Waals surface area contributed by atoms with Crippen molar-refractivity contribution in [2.45, 2.75) is 25.3 Å². The van der Waals surface area contributed by atoms with Gasteiger partial charge in [0.25, 0.3) is 0 Å². The summed E-state index contributed by atoms with van der Waals surface area (Å²) < 4.78 is 1.41. The first-order valence-electron chi connectivity index (χ1n) is 7.19. The van der Waals surface area contributed by atoms with Crippen LogP contribution in [0.5, 0.6) is 0 Å². The molecule has 3 atom stereocenters. The first-order valence-corrected chi connectivity index (χ1v) is 8.27. The normalized spacial score (nSPS) is 22.6. The molecule has 3 rings (SSSR count). The van der Waals surface area contributed by atoms with Gasteiger partial charge in [0.1, 0.15) is 0 Å². The molecule has 1 aliphatic rings. The Morgan fingerprint density at radius 2 is 1.85 bits per heavy atom. The zero-order valence-corrected chi connectivity index (χ0v) is 14.1. The van der Waals surface area contributed by atoms with E-state index in [-0.39, 0.29) is 0 Å². The highest BCUT2D eigenvalue weighted by atomic mass is 127. The fourth-order valence-electron chi connectivity index (χ4n) is 3.18. The van der Waals surface area contributed by atoms with E-state index in [1.165, 1.54) is 26.7 Å². The van der Waals surface area contributed by atoms with Crippen LogP contribution in [0, 0.1) is 16.4 Å². The lowest BCUT2D eigenvalue weighted by Crippen LogP contribution is -2.20. The van der Waals surface area contributed by atoms with Crippen LogP contribution in [0.25, 0.3) is 0 Å². The summed E-state index contributed by atoms with van der Waals surface area (Å²) in [6.45, 7) is 2.19. The van der Waals surface area contributed by atoms with Crippen LogP contribution < -0.4 is 5.32 Å². The highest BCUT2D eigenvalue weighted by molar-refractivity contribution is 14.1. The van der Waals surface area contributed by atoms with Crippen molar-refractivity contribution in [2.24, 2.45) is 5.92 Å². The van der Waals surface area contributed by atoms with Gasteiger partial charge in [0, 0.05) is 9.61 Å². The largest absolute Gasteiger partial charge is 0.313 e. The molecule has 1 saturated carbocycles. The highest BCUT2D eigenvalue weighted by Crippen LogP contribution is 2.54. The smallest absolute Gasteiger partial charge is 0.0362 e. The summed E-state index contributed by atoms with van der Waals surface area (Å²) in [5.74, 6) is 1.43. The lowest BCUT2D eigenvalue weighted by atomic mass is 9.97. The molecule has 2 aromatic carbocycles. The van der Waals surface area contributed by atoms with Gasteiger partial charge in [-0.2, -0.15) is 0 Å². The van der Waals surface area contributed by atoms with Gasteiger partial charge in [-0.05, 0) is 71.5 Å². The molecule has 2 heteroatoms. The second-order valence-electron chi connectivity index (χ2n) is 5.66. The first kappa shape index (κ1) is 14.1. The van der Waals surface area contributed by atoms with E-state index >= 15 is 0 Å². The van der Waals surface area contributed by atoms with Crippen LogP contribution in [-0.4, -0.2) is 7.05 Å². The average Bonchev–Trinajstić information content (AvgIpc) is 3.26. The lowest BCUT2D eigenvalue weighted by Gasteiger charge is -2.19. The van der Waals surface area contributed by atoms with Gasteiger partial charge in [-0.25, -0.2) is 0 Å². The van der Waals surface area contributed by atoms with Crippen LogP contribution in [0.4, 0.5) is 0 Å². The van der Waals surface area contributed by atoms with Crippen molar-refractivity contribution < 1.29 is 0 Å². The molecule has 0 heterocycles. The molecular weight excluding hydrogens is 357 g/mol. The Hall–Kier alpha value is -0.870. The monoisotopic (exact) mass is 377 g/mol. The molecule has 1 N–H and O–H groups in total. The number of hydrogen-bond acceptors (Lipinski definition) is 1. The molecular formula is C18H20IN. The van der Waals surface area contributed by atoms with Crippen molar-refractivity contribution in [1.29, 1.82) is 0 Å². The standard InChI is InChI=1S/C18H20IN/c1-12-7-6-10-14(17(12)19)18(20-2)16-11-15(16)13-8-4-3-5-9-13/h3-10,15-16,18,20H,11H2,1-2H3. The fraction of sp³-hybridized carbons (Fsp3) is 0.333. The molecule has 1 aliphatic carbocycles. The SMILES string of the molecule is CNC(c1cccc(C)c1I)C1CC1c1ccccc1. The van der Waals surface area contributed by atoms with Gasteiger partial charge in [0.2, 0.25) is 0 Å². The van der Waals surface area contributed by atoms with Crippen molar-refractivity contribution >= 4 is 22.6 Å². The van der Waals surface area contributed by atoms with Gasteiger partial charge in [-0.15, -0.1) is 0 Å². The number of halogens is 1. The van der Waals surface area contributed by atoms with E-state index in [9.17, 15) is 0 Å². The molecule has 104 valence electrons. The second-order valence-corrected chi connectivity index (χ2v) is 6.74. The number of hydrogen-bond donors (Lipinski definition) is 1. The van der Waals surface area contributed by atoms with E-state index in [0.717, 1.165) is 5.92 Å². The number of benzene rings is 2. The summed E-state index contributed by atoms with van der Waals surface area (Å²) in [4.78, 5) is 0. The quantitative estimate of drug-likeness (QED) is 0.764. The lowest BCUT2D eigenvalue weighted by molar-refractivity contribution is 0.515. The minimum Gasteiger partial charge on any atom is -0.313 e. The third-order valence-electron chi connectivity index (χ3n) is 4.36. The van der Waals surface area contributed by atoms with E-state index in [4.69, 9.17) is 0 Å². The molecule has 1 nitrogen and oxygen atoms in total. The Bertz CT molecular complexity index is 594. The Morgan fingerprint density at radius 3 is 2.55 bits per heavy atom. The van der Waals surface area contributed by atoms with Gasteiger partial charge in [0.05, 0.1) is 0 Å². The molecule has 0 radical (unpaired) electrons. The Labute approximate surface area is 134 Å². The van der Waals surface area contributed by atoms with E-state index in [1.54, 1.807) is 0 Å². The maximum absolute atomic E-state index is 3.54. The average molecular weight is 377 g/mol. The summed E-state index contributed by atoms with van der Waals surface area (Å²) in [7, 11) is 2.09. The molecule has 0 amide bonds. The highest BCUT2D eigenvalue weighted by Gasteiger charge is 2.44. The van der Waals surface area contributed by atoms with Gasteiger partial charge >= 0.3 is 0 Å². The predicted molar refractivity (Wildman–Crippen MR) is 93.0 cm³/mol. The molecule has 0 aliphatic heterocycles. The van der Waals surface area contributed by atoms with Crippen molar-refractivity contribution in [3.05, 3.63) is 68.8 Å². The fourth-order valence-corrected chi connectivity index (χ4v) is 3.87. The zero-order chi connectivity index (χ0) is 14.1. The second kappa shape index (κ2) is 5.86. The van der Waals surface area contributed by atoms with Crippen LogP contribution >= 0.6 is 22.6 Å². The van der Waals surface area contributed by atoms with Crippen molar-refractivity contribution in [1.82, 2.24) is 5.32 Å². The summed E-state index contributed by atoms with van der Waals surface area (Å²) >= 11 is 2.49. The Kier molecular flexibility index (Phi) is 4.13. The minimum absolute atomic E-state index is 0.465. The molecule has 2 aromatic rings. The van der Waals surface area contributed by atoms with Crippen LogP contribution in [-0.2, 0) is 0 Å². The molecule has 0 spiro atoms. The number of nitrogens with one attached hydrogen (secondary N) is 1. The maximum Gasteiger partial charge on any atom is 0.0362 e. The predicted octanol–water partition coefficient (Wildman–Crippen LogP) is 4.66. The maximum atomic E-state index is 3.54. The first-order chi connectivity index (χ1) is 9.72. The molecule has 20 heavy (non-hydrogen) atoms. The van der Waals surface area contributed by atoms with Crippen LogP contribution in [0.3, 0.4) is 0 Å². The zero-order valence-electron chi connectivity index (χ0n) is 11.9. The molecule has 0 bridgehead atoms. The summed E-state index contributed by atoms with van der Waals surface area (Å²) in [6.07, 6.45) is 1.29. The van der Waals surface area contributed by atoms with Crippen LogP contribution in [0.1, 0.15) is 35.1 Å². The summed E-state index contributed by atoms with van der Waals surface area (Å²) in [5.41, 5.74) is 4.32. The van der Waals surface area contributed by atoms with Gasteiger partial charge in [0.15, 0.2) is 0 Å². The van der Waals surface area contributed by atoms with Gasteiger partial charge in [-0.1, -0.05) is 48.5 Å². The van der Waals surface area contributed by atoms with Gasteiger partial charge in [-0.3, -0.25) is 0 Å². The van der Waals surface area contributed by atoms with Crippen molar-refractivity contribution in [3.8, 4) is 0 Å². The number of aryl methyl sites for hydroxylation is 1. The molecule has 3 unspecified atom stereocenters. The van der Waals surface area contributed by atoms with E-state index in [0.29, 0.717) is 12.0 Å². The Morgan fingerprint density at radius 1 is 1.10 bits per heavy atom. The van der Waals surface area contributed by atoms with Crippen LogP contribution in [0.15, 0.2) is 48.5 Å². The van der Waals surface area contributed by atoms with Crippen molar-refractivity contribution in [2.75, 3.05) is 7.05 Å². The molecule has 1 fully saturated rings. The van der Waals surface area contributed by atoms with E-state index in [2.05, 4.69) is 90.4 Å². The van der Waals surface area contributed by atoms with Crippen LogP contribution in [0.2, 0.25) is 0 Å². The van der Waals surface area contributed by atoms with Crippen molar-refractivity contribution in [3.63, 3.8) is 0 Å². The topological polar surface area (TPSA) is 12.0 Å².